The average molecular weight is 343 g/mol. The van der Waals surface area contributed by atoms with E-state index >= 15 is 0 Å². The van der Waals surface area contributed by atoms with Crippen LogP contribution in [0.1, 0.15) is 29.6 Å². The molecule has 0 radical (unpaired) electrons. The van der Waals surface area contributed by atoms with Crippen LogP contribution in [0.15, 0.2) is 47.4 Å². The smallest absolute Gasteiger partial charge is 0.264 e. The van der Waals surface area contributed by atoms with Gasteiger partial charge in [-0.25, -0.2) is 8.42 Å². The number of nitrogens with zero attached hydrogens (tertiary/aromatic N) is 1. The minimum absolute atomic E-state index is 0.167. The van der Waals surface area contributed by atoms with Crippen LogP contribution in [0.25, 0.3) is 0 Å². The first-order chi connectivity index (χ1) is 11.6. The lowest BCUT2D eigenvalue weighted by molar-refractivity contribution is 0.366. The van der Waals surface area contributed by atoms with Gasteiger partial charge in [0.25, 0.3) is 10.0 Å². The van der Waals surface area contributed by atoms with Crippen molar-refractivity contribution in [3.63, 3.8) is 0 Å². The largest absolute Gasteiger partial charge is 0.497 e. The molecule has 2 aromatic rings. The highest BCUT2D eigenvalue weighted by Gasteiger charge is 2.52. The molecule has 0 spiro atoms. The van der Waals surface area contributed by atoms with E-state index in [1.54, 1.807) is 35.7 Å². The molecule has 6 heteroatoms. The van der Waals surface area contributed by atoms with Gasteiger partial charge in [-0.1, -0.05) is 12.1 Å². The molecule has 0 saturated carbocycles. The van der Waals surface area contributed by atoms with Crippen molar-refractivity contribution in [2.75, 3.05) is 18.0 Å². The number of ether oxygens (including phenoxy) is 2. The summed E-state index contributed by atoms with van der Waals surface area (Å²) in [5.41, 5.74) is 3.14. The van der Waals surface area contributed by atoms with Crippen LogP contribution in [-0.2, 0) is 14.8 Å². The Labute approximate surface area is 140 Å². The molecule has 124 valence electrons. The second-order valence-electron chi connectivity index (χ2n) is 6.52. The van der Waals surface area contributed by atoms with Crippen molar-refractivity contribution in [1.82, 2.24) is 0 Å². The van der Waals surface area contributed by atoms with Gasteiger partial charge >= 0.3 is 0 Å². The molecule has 5 nitrogen and oxygen atoms in total. The lowest BCUT2D eigenvalue weighted by Gasteiger charge is -2.20. The summed E-state index contributed by atoms with van der Waals surface area (Å²) >= 11 is 0. The summed E-state index contributed by atoms with van der Waals surface area (Å²) in [6.07, 6.45) is 1.34. The zero-order valence-electron chi connectivity index (χ0n) is 13.2. The number of rotatable bonds is 3. The molecular weight excluding hydrogens is 326 g/mol. The van der Waals surface area contributed by atoms with Gasteiger partial charge < -0.3 is 9.47 Å². The van der Waals surface area contributed by atoms with Crippen LogP contribution < -0.4 is 9.04 Å². The highest BCUT2D eigenvalue weighted by Crippen LogP contribution is 2.56. The van der Waals surface area contributed by atoms with Gasteiger partial charge in [0, 0.05) is 12.5 Å². The molecule has 0 bridgehead atoms. The molecule has 2 heterocycles. The summed E-state index contributed by atoms with van der Waals surface area (Å²) in [4.78, 5) is 0.293. The molecule has 0 amide bonds. The SMILES string of the molecule is COc1ccc(S(=O)(=O)N2CC3CC4OC4c4cccc2c43)cc1. The van der Waals surface area contributed by atoms with Gasteiger partial charge in [-0.2, -0.15) is 0 Å². The molecule has 1 saturated heterocycles. The summed E-state index contributed by atoms with van der Waals surface area (Å²) in [6.45, 7) is 0.493. The highest BCUT2D eigenvalue weighted by atomic mass is 32.2. The Bertz CT molecular complexity index is 923. The monoisotopic (exact) mass is 343 g/mol. The third-order valence-corrected chi connectivity index (χ3v) is 7.03. The Hall–Kier alpha value is -2.05. The van der Waals surface area contributed by atoms with Crippen molar-refractivity contribution in [1.29, 1.82) is 0 Å². The van der Waals surface area contributed by atoms with E-state index in [2.05, 4.69) is 6.07 Å². The molecule has 24 heavy (non-hydrogen) atoms. The van der Waals surface area contributed by atoms with Crippen molar-refractivity contribution in [2.24, 2.45) is 0 Å². The Morgan fingerprint density at radius 1 is 1.17 bits per heavy atom. The molecule has 2 aromatic carbocycles. The Kier molecular flexibility index (Phi) is 2.82. The van der Waals surface area contributed by atoms with Crippen molar-refractivity contribution in [3.05, 3.63) is 53.6 Å². The molecule has 1 fully saturated rings. The minimum atomic E-state index is -3.57. The number of anilines is 1. The number of epoxide rings is 1. The molecule has 3 aliphatic rings. The Balaban J connectivity index is 1.59. The van der Waals surface area contributed by atoms with E-state index in [0.29, 0.717) is 17.2 Å². The Morgan fingerprint density at radius 2 is 1.96 bits per heavy atom. The van der Waals surface area contributed by atoms with Crippen LogP contribution in [0.2, 0.25) is 0 Å². The van der Waals surface area contributed by atoms with E-state index in [0.717, 1.165) is 17.7 Å². The zero-order valence-corrected chi connectivity index (χ0v) is 14.0. The van der Waals surface area contributed by atoms with Crippen LogP contribution in [-0.4, -0.2) is 28.2 Å². The van der Waals surface area contributed by atoms with Gasteiger partial charge in [-0.3, -0.25) is 4.31 Å². The Morgan fingerprint density at radius 3 is 2.71 bits per heavy atom. The first-order valence-corrected chi connectivity index (χ1v) is 9.48. The summed E-state index contributed by atoms with van der Waals surface area (Å²) in [6, 6.07) is 12.5. The summed E-state index contributed by atoms with van der Waals surface area (Å²) < 4.78 is 38.7. The van der Waals surface area contributed by atoms with Crippen LogP contribution >= 0.6 is 0 Å². The molecule has 3 atom stereocenters. The lowest BCUT2D eigenvalue weighted by atomic mass is 9.84. The van der Waals surface area contributed by atoms with Crippen molar-refractivity contribution in [2.45, 2.75) is 29.4 Å². The zero-order chi connectivity index (χ0) is 16.5. The van der Waals surface area contributed by atoms with Crippen LogP contribution in [0.3, 0.4) is 0 Å². The maximum absolute atomic E-state index is 13.1. The van der Waals surface area contributed by atoms with Gasteiger partial charge in [0.2, 0.25) is 0 Å². The molecule has 2 aliphatic heterocycles. The van der Waals surface area contributed by atoms with E-state index in [4.69, 9.17) is 9.47 Å². The lowest BCUT2D eigenvalue weighted by Crippen LogP contribution is -2.30. The van der Waals surface area contributed by atoms with Crippen LogP contribution in [0, 0.1) is 0 Å². The maximum Gasteiger partial charge on any atom is 0.264 e. The fourth-order valence-corrected chi connectivity index (χ4v) is 5.57. The van der Waals surface area contributed by atoms with Gasteiger partial charge in [0.1, 0.15) is 11.9 Å². The van der Waals surface area contributed by atoms with E-state index < -0.39 is 10.0 Å². The first kappa shape index (κ1) is 14.3. The standard InChI is InChI=1S/C18H17NO4S/c1-22-12-5-7-13(8-6-12)24(20,21)19-10-11-9-16-18(23-16)14-3-2-4-15(19)17(11)14/h2-8,11,16,18H,9-10H2,1H3. The molecule has 1 aliphatic carbocycles. The number of methoxy groups -OCH3 is 1. The third-order valence-electron chi connectivity index (χ3n) is 5.23. The second kappa shape index (κ2) is 4.74. The second-order valence-corrected chi connectivity index (χ2v) is 8.38. The van der Waals surface area contributed by atoms with Crippen LogP contribution in [0.5, 0.6) is 5.75 Å². The van der Waals surface area contributed by atoms with Gasteiger partial charge in [0.15, 0.2) is 0 Å². The number of benzene rings is 2. The van der Waals surface area contributed by atoms with Crippen molar-refractivity contribution >= 4 is 15.7 Å². The molecule has 5 rings (SSSR count). The normalized spacial score (nSPS) is 26.7. The van der Waals surface area contributed by atoms with Crippen molar-refractivity contribution < 1.29 is 17.9 Å². The average Bonchev–Trinajstić information content (AvgIpc) is 3.29. The fourth-order valence-electron chi connectivity index (χ4n) is 4.04. The fraction of sp³-hybridized carbons (Fsp3) is 0.333. The number of hydrogen-bond donors (Lipinski definition) is 0. The number of sulfonamides is 1. The summed E-state index contributed by atoms with van der Waals surface area (Å²) in [5.74, 6) is 0.874. The van der Waals surface area contributed by atoms with E-state index in [1.165, 1.54) is 5.56 Å². The van der Waals surface area contributed by atoms with Gasteiger partial charge in [-0.15, -0.1) is 0 Å². The first-order valence-electron chi connectivity index (χ1n) is 8.04. The highest BCUT2D eigenvalue weighted by molar-refractivity contribution is 7.92. The molecule has 3 unspecified atom stereocenters. The van der Waals surface area contributed by atoms with Crippen molar-refractivity contribution in [3.8, 4) is 5.75 Å². The summed E-state index contributed by atoms with van der Waals surface area (Å²) in [5, 5.41) is 0. The van der Waals surface area contributed by atoms with Crippen LogP contribution in [0.4, 0.5) is 5.69 Å². The summed E-state index contributed by atoms with van der Waals surface area (Å²) in [7, 11) is -2.01. The minimum Gasteiger partial charge on any atom is -0.497 e. The maximum atomic E-state index is 13.1. The molecule has 0 aromatic heterocycles. The third kappa shape index (κ3) is 1.87. The van der Waals surface area contributed by atoms with Gasteiger partial charge in [0.05, 0.1) is 23.8 Å². The predicted octanol–water partition coefficient (Wildman–Crippen LogP) is 2.83. The van der Waals surface area contributed by atoms with Gasteiger partial charge in [-0.05, 0) is 47.9 Å². The molecule has 0 N–H and O–H groups in total. The number of hydrogen-bond acceptors (Lipinski definition) is 4. The van der Waals surface area contributed by atoms with E-state index in [1.807, 2.05) is 12.1 Å². The molecular formula is C18H17NO4S. The quantitative estimate of drug-likeness (QED) is 0.804. The van der Waals surface area contributed by atoms with E-state index in [-0.39, 0.29) is 18.1 Å². The topological polar surface area (TPSA) is 59.1 Å². The predicted molar refractivity (Wildman–Crippen MR) is 88.9 cm³/mol. The van der Waals surface area contributed by atoms with E-state index in [9.17, 15) is 8.42 Å². The number of fused-ring (bicyclic) bond motifs is 2.